The topological polar surface area (TPSA) is 41.5 Å². The summed E-state index contributed by atoms with van der Waals surface area (Å²) in [7, 11) is 0. The first-order chi connectivity index (χ1) is 9.34. The highest BCUT2D eigenvalue weighted by Gasteiger charge is 2.24. The Morgan fingerprint density at radius 3 is 2.79 bits per heavy atom. The van der Waals surface area contributed by atoms with Gasteiger partial charge in [-0.25, -0.2) is 0 Å². The fourth-order valence-electron chi connectivity index (χ4n) is 2.56. The summed E-state index contributed by atoms with van der Waals surface area (Å²) in [6.07, 6.45) is 1.86. The summed E-state index contributed by atoms with van der Waals surface area (Å²) in [4.78, 5) is 5.57. The number of rotatable bonds is 4. The Kier molecular flexibility index (Phi) is 3.49. The van der Waals surface area contributed by atoms with Crippen LogP contribution in [0.3, 0.4) is 0 Å². The molecule has 98 valence electrons. The molecule has 2 N–H and O–H groups in total. The molecule has 3 heteroatoms. The Morgan fingerprint density at radius 2 is 1.95 bits per heavy atom. The van der Waals surface area contributed by atoms with E-state index < -0.39 is 0 Å². The molecule has 0 aromatic heterocycles. The molecule has 0 heterocycles. The van der Waals surface area contributed by atoms with Gasteiger partial charge in [0.15, 0.2) is 0 Å². The predicted octanol–water partition coefficient (Wildman–Crippen LogP) is 3.10. The first-order valence-electron chi connectivity index (χ1n) is 6.56. The minimum atomic E-state index is 0.172. The van der Waals surface area contributed by atoms with E-state index in [1.807, 2.05) is 42.5 Å². The zero-order valence-electron chi connectivity index (χ0n) is 10.7. The lowest BCUT2D eigenvalue weighted by molar-refractivity contribution is 0.00332. The highest BCUT2D eigenvalue weighted by Crippen LogP contribution is 2.36. The summed E-state index contributed by atoms with van der Waals surface area (Å²) in [5.41, 5.74) is 6.44. The Labute approximate surface area is 112 Å². The molecule has 0 saturated carbocycles. The van der Waals surface area contributed by atoms with E-state index in [4.69, 9.17) is 4.84 Å². The maximum Gasteiger partial charge on any atom is 0.119 e. The highest BCUT2D eigenvalue weighted by molar-refractivity contribution is 5.43. The molecule has 0 fully saturated rings. The molecule has 0 radical (unpaired) electrons. The fraction of sp³-hybridized carbons (Fsp3) is 0.250. The lowest BCUT2D eigenvalue weighted by Crippen LogP contribution is -2.19. The number of fused-ring (bicyclic) bond motifs is 1. The maximum absolute atomic E-state index is 9.78. The van der Waals surface area contributed by atoms with Crippen molar-refractivity contribution >= 4 is 0 Å². The van der Waals surface area contributed by atoms with Crippen molar-refractivity contribution in [3.8, 4) is 5.75 Å². The molecule has 1 atom stereocenters. The van der Waals surface area contributed by atoms with E-state index in [-0.39, 0.29) is 6.04 Å². The number of nitrogens with one attached hydrogen (secondary N) is 1. The summed E-state index contributed by atoms with van der Waals surface area (Å²) in [6.45, 7) is 0.547. The van der Waals surface area contributed by atoms with Gasteiger partial charge in [-0.05, 0) is 35.6 Å². The van der Waals surface area contributed by atoms with E-state index in [2.05, 4.69) is 5.48 Å². The SMILES string of the molecule is Oc1cccc2c1CCC2NOCc1ccccc1. The molecule has 0 aliphatic heterocycles. The Morgan fingerprint density at radius 1 is 1.11 bits per heavy atom. The van der Waals surface area contributed by atoms with E-state index in [1.165, 1.54) is 0 Å². The molecule has 0 saturated heterocycles. The second kappa shape index (κ2) is 5.43. The molecule has 1 aliphatic rings. The van der Waals surface area contributed by atoms with Crippen LogP contribution in [-0.2, 0) is 17.9 Å². The molecule has 0 bridgehead atoms. The van der Waals surface area contributed by atoms with Crippen LogP contribution in [-0.4, -0.2) is 5.11 Å². The van der Waals surface area contributed by atoms with Crippen molar-refractivity contribution in [2.45, 2.75) is 25.5 Å². The smallest absolute Gasteiger partial charge is 0.119 e. The van der Waals surface area contributed by atoms with Gasteiger partial charge in [0.05, 0.1) is 12.6 Å². The normalized spacial score (nSPS) is 17.4. The third-order valence-corrected chi connectivity index (χ3v) is 3.55. The summed E-state index contributed by atoms with van der Waals surface area (Å²) in [6, 6.07) is 15.9. The van der Waals surface area contributed by atoms with Crippen molar-refractivity contribution in [2.75, 3.05) is 0 Å². The molecule has 3 nitrogen and oxygen atoms in total. The van der Waals surface area contributed by atoms with Crippen LogP contribution in [0.25, 0.3) is 0 Å². The molecule has 1 unspecified atom stereocenters. The van der Waals surface area contributed by atoms with E-state index in [9.17, 15) is 5.11 Å². The van der Waals surface area contributed by atoms with E-state index in [1.54, 1.807) is 6.07 Å². The molecule has 2 aromatic rings. The second-order valence-electron chi connectivity index (χ2n) is 4.83. The minimum Gasteiger partial charge on any atom is -0.508 e. The Bertz CT molecular complexity index is 554. The van der Waals surface area contributed by atoms with Gasteiger partial charge in [-0.15, -0.1) is 0 Å². The van der Waals surface area contributed by atoms with Crippen LogP contribution >= 0.6 is 0 Å². The fourth-order valence-corrected chi connectivity index (χ4v) is 2.56. The summed E-state index contributed by atoms with van der Waals surface area (Å²) >= 11 is 0. The number of hydrogen-bond acceptors (Lipinski definition) is 3. The third kappa shape index (κ3) is 2.62. The Balaban J connectivity index is 1.60. The van der Waals surface area contributed by atoms with Crippen molar-refractivity contribution in [3.05, 3.63) is 65.2 Å². The molecule has 19 heavy (non-hydrogen) atoms. The van der Waals surface area contributed by atoms with Crippen molar-refractivity contribution in [3.63, 3.8) is 0 Å². The quantitative estimate of drug-likeness (QED) is 0.825. The number of phenolic OH excluding ortho intramolecular Hbond substituents is 1. The van der Waals surface area contributed by atoms with Crippen LogP contribution < -0.4 is 5.48 Å². The number of hydrogen-bond donors (Lipinski definition) is 2. The van der Waals surface area contributed by atoms with Gasteiger partial charge in [0.2, 0.25) is 0 Å². The average molecular weight is 255 g/mol. The number of aromatic hydroxyl groups is 1. The van der Waals surface area contributed by atoms with Crippen LogP contribution in [0.2, 0.25) is 0 Å². The van der Waals surface area contributed by atoms with Crippen molar-refractivity contribution in [1.29, 1.82) is 0 Å². The lowest BCUT2D eigenvalue weighted by atomic mass is 10.1. The van der Waals surface area contributed by atoms with Gasteiger partial charge in [-0.2, -0.15) is 5.48 Å². The van der Waals surface area contributed by atoms with E-state index in [0.717, 1.165) is 29.5 Å². The molecule has 2 aromatic carbocycles. The van der Waals surface area contributed by atoms with Crippen LogP contribution in [0, 0.1) is 0 Å². The van der Waals surface area contributed by atoms with Crippen LogP contribution in [0.4, 0.5) is 0 Å². The number of benzene rings is 2. The van der Waals surface area contributed by atoms with Gasteiger partial charge < -0.3 is 5.11 Å². The zero-order chi connectivity index (χ0) is 13.1. The van der Waals surface area contributed by atoms with Gasteiger partial charge >= 0.3 is 0 Å². The first kappa shape index (κ1) is 12.2. The van der Waals surface area contributed by atoms with Gasteiger partial charge in [-0.1, -0.05) is 42.5 Å². The van der Waals surface area contributed by atoms with E-state index >= 15 is 0 Å². The minimum absolute atomic E-state index is 0.172. The van der Waals surface area contributed by atoms with E-state index in [0.29, 0.717) is 12.4 Å². The number of hydroxylamine groups is 1. The molecule has 3 rings (SSSR count). The van der Waals surface area contributed by atoms with Gasteiger partial charge in [0.25, 0.3) is 0 Å². The van der Waals surface area contributed by atoms with Gasteiger partial charge in [0, 0.05) is 0 Å². The monoisotopic (exact) mass is 255 g/mol. The second-order valence-corrected chi connectivity index (χ2v) is 4.83. The first-order valence-corrected chi connectivity index (χ1v) is 6.56. The van der Waals surface area contributed by atoms with Gasteiger partial charge in [0.1, 0.15) is 5.75 Å². The maximum atomic E-state index is 9.78. The van der Waals surface area contributed by atoms with Crippen molar-refractivity contribution in [1.82, 2.24) is 5.48 Å². The number of phenols is 1. The Hall–Kier alpha value is -1.84. The van der Waals surface area contributed by atoms with Crippen LogP contribution in [0.15, 0.2) is 48.5 Å². The highest BCUT2D eigenvalue weighted by atomic mass is 16.6. The molecular weight excluding hydrogens is 238 g/mol. The summed E-state index contributed by atoms with van der Waals surface area (Å²) in [5, 5.41) is 9.78. The average Bonchev–Trinajstić information content (AvgIpc) is 2.85. The third-order valence-electron chi connectivity index (χ3n) is 3.55. The largest absolute Gasteiger partial charge is 0.508 e. The van der Waals surface area contributed by atoms with Crippen molar-refractivity contribution < 1.29 is 9.94 Å². The standard InChI is InChI=1S/C16H17NO2/c18-16-8-4-7-13-14(16)9-10-15(13)17-19-11-12-5-2-1-3-6-12/h1-8,15,17-18H,9-11H2. The molecule has 0 spiro atoms. The summed E-state index contributed by atoms with van der Waals surface area (Å²) in [5.74, 6) is 0.393. The zero-order valence-corrected chi connectivity index (χ0v) is 10.7. The predicted molar refractivity (Wildman–Crippen MR) is 73.5 cm³/mol. The lowest BCUT2D eigenvalue weighted by Gasteiger charge is -2.14. The van der Waals surface area contributed by atoms with Crippen molar-refractivity contribution in [2.24, 2.45) is 0 Å². The molecular formula is C16H17NO2. The summed E-state index contributed by atoms with van der Waals surface area (Å²) < 4.78 is 0. The van der Waals surface area contributed by atoms with Crippen LogP contribution in [0.1, 0.15) is 29.2 Å². The molecule has 0 amide bonds. The van der Waals surface area contributed by atoms with Gasteiger partial charge in [-0.3, -0.25) is 4.84 Å². The molecule has 1 aliphatic carbocycles. The van der Waals surface area contributed by atoms with Crippen LogP contribution in [0.5, 0.6) is 5.75 Å².